The highest BCUT2D eigenvalue weighted by atomic mass is 32.1. The summed E-state index contributed by atoms with van der Waals surface area (Å²) in [5, 5.41) is 6.88. The van der Waals surface area contributed by atoms with Crippen LogP contribution >= 0.6 is 11.3 Å². The molecule has 2 aromatic rings. The van der Waals surface area contributed by atoms with E-state index >= 15 is 0 Å². The van der Waals surface area contributed by atoms with Crippen molar-refractivity contribution in [1.29, 1.82) is 0 Å². The summed E-state index contributed by atoms with van der Waals surface area (Å²) in [6.45, 7) is -0.203. The van der Waals surface area contributed by atoms with E-state index in [0.717, 1.165) is 11.1 Å². The molecule has 148 valence electrons. The highest BCUT2D eigenvalue weighted by Gasteiger charge is 2.36. The highest BCUT2D eigenvalue weighted by molar-refractivity contribution is 7.09. The summed E-state index contributed by atoms with van der Waals surface area (Å²) in [4.78, 5) is 35.6. The first-order valence-electron chi connectivity index (χ1n) is 7.87. The second-order valence-electron chi connectivity index (χ2n) is 5.32. The quantitative estimate of drug-likeness (QED) is 0.514. The minimum absolute atomic E-state index is 0.00216. The summed E-state index contributed by atoms with van der Waals surface area (Å²) in [7, 11) is 0. The number of carbonyl (C=O) groups excluding carboxylic acids is 3. The van der Waals surface area contributed by atoms with Crippen molar-refractivity contribution < 1.29 is 32.3 Å². The van der Waals surface area contributed by atoms with Gasteiger partial charge in [-0.25, -0.2) is 4.79 Å². The fourth-order valence-electron chi connectivity index (χ4n) is 1.95. The van der Waals surface area contributed by atoms with Crippen molar-refractivity contribution >= 4 is 34.7 Å². The second kappa shape index (κ2) is 9.70. The number of esters is 1. The third kappa shape index (κ3) is 6.54. The number of ether oxygens (including phenoxy) is 1. The van der Waals surface area contributed by atoms with Crippen molar-refractivity contribution in [3.8, 4) is 0 Å². The van der Waals surface area contributed by atoms with E-state index in [4.69, 9.17) is 4.74 Å². The number of para-hydroxylation sites is 1. The molecule has 1 heterocycles. The predicted octanol–water partition coefficient (Wildman–Crippen LogP) is 3.28. The smallest absolute Gasteiger partial charge is 0.452 e. The lowest BCUT2D eigenvalue weighted by molar-refractivity contribution is -0.165. The topological polar surface area (TPSA) is 84.5 Å². The molecule has 0 saturated heterocycles. The van der Waals surface area contributed by atoms with E-state index in [2.05, 4.69) is 10.6 Å². The number of nitrogens with one attached hydrogen (secondary N) is 2. The van der Waals surface area contributed by atoms with Gasteiger partial charge in [0.2, 0.25) is 0 Å². The molecule has 0 aliphatic heterocycles. The average molecular weight is 412 g/mol. The maximum atomic E-state index is 12.2. The van der Waals surface area contributed by atoms with E-state index in [9.17, 15) is 27.6 Å². The molecule has 0 aliphatic rings. The molecule has 2 rings (SSSR count). The lowest BCUT2D eigenvalue weighted by Crippen LogP contribution is -2.28. The number of carbonyl (C=O) groups is 3. The Hall–Kier alpha value is -3.14. The molecule has 2 N–H and O–H groups in total. The number of ketones is 1. The van der Waals surface area contributed by atoms with Crippen LogP contribution in [-0.4, -0.2) is 30.4 Å². The Morgan fingerprint density at radius 3 is 2.54 bits per heavy atom. The van der Waals surface area contributed by atoms with Gasteiger partial charge >= 0.3 is 12.1 Å². The largest absolute Gasteiger partial charge is 0.454 e. The molecule has 1 aromatic carbocycles. The van der Waals surface area contributed by atoms with Gasteiger partial charge in [-0.3, -0.25) is 9.59 Å². The summed E-state index contributed by atoms with van der Waals surface area (Å²) in [6, 6.07) is 9.52. The van der Waals surface area contributed by atoms with Gasteiger partial charge in [-0.2, -0.15) is 13.2 Å². The number of alkyl halides is 3. The number of thiophene rings is 1. The van der Waals surface area contributed by atoms with Crippen LogP contribution in [0.25, 0.3) is 0 Å². The third-order valence-corrected chi connectivity index (χ3v) is 4.15. The standard InChI is InChI=1S/C18H15F3N2O4S/c19-18(20,21)15(24)7-8-22-14-6-2-1-5-13(14)17(26)27-11-16(25)23-10-12-4-3-9-28-12/h1-9,22H,10-11H2,(H,23,25). The number of amides is 1. The van der Waals surface area contributed by atoms with Crippen LogP contribution < -0.4 is 10.6 Å². The van der Waals surface area contributed by atoms with Crippen molar-refractivity contribution in [2.75, 3.05) is 11.9 Å². The van der Waals surface area contributed by atoms with E-state index in [-0.39, 0.29) is 11.3 Å². The van der Waals surface area contributed by atoms with Crippen LogP contribution in [0.4, 0.5) is 18.9 Å². The number of allylic oxidation sites excluding steroid dienone is 1. The maximum Gasteiger partial charge on any atom is 0.454 e. The third-order valence-electron chi connectivity index (χ3n) is 3.27. The van der Waals surface area contributed by atoms with E-state index in [1.54, 1.807) is 0 Å². The van der Waals surface area contributed by atoms with Crippen molar-refractivity contribution in [2.45, 2.75) is 12.7 Å². The lowest BCUT2D eigenvalue weighted by Gasteiger charge is -2.09. The molecule has 0 atom stereocenters. The van der Waals surface area contributed by atoms with Crippen LogP contribution in [0, 0.1) is 0 Å². The summed E-state index contributed by atoms with van der Waals surface area (Å²) in [6.07, 6.45) is -3.90. The molecule has 0 spiro atoms. The Bertz CT molecular complexity index is 864. The molecule has 0 bridgehead atoms. The SMILES string of the molecule is O=C(COC(=O)c1ccccc1NC=CC(=O)C(F)(F)F)NCc1cccs1. The van der Waals surface area contributed by atoms with Crippen LogP contribution in [0.15, 0.2) is 54.1 Å². The number of halogens is 3. The van der Waals surface area contributed by atoms with Crippen LogP contribution in [0.3, 0.4) is 0 Å². The van der Waals surface area contributed by atoms with E-state index in [1.807, 2.05) is 17.5 Å². The number of hydrogen-bond donors (Lipinski definition) is 2. The summed E-state index contributed by atoms with van der Waals surface area (Å²) >= 11 is 1.47. The Morgan fingerprint density at radius 2 is 1.86 bits per heavy atom. The fourth-order valence-corrected chi connectivity index (χ4v) is 2.59. The van der Waals surface area contributed by atoms with Gasteiger partial charge in [0.25, 0.3) is 11.7 Å². The minimum atomic E-state index is -4.98. The van der Waals surface area contributed by atoms with Gasteiger partial charge in [0.1, 0.15) is 0 Å². The first-order valence-corrected chi connectivity index (χ1v) is 8.75. The van der Waals surface area contributed by atoms with Crippen molar-refractivity contribution in [1.82, 2.24) is 5.32 Å². The second-order valence-corrected chi connectivity index (χ2v) is 6.35. The Kier molecular flexibility index (Phi) is 7.33. The van der Waals surface area contributed by atoms with E-state index in [0.29, 0.717) is 12.6 Å². The first-order chi connectivity index (χ1) is 13.3. The van der Waals surface area contributed by atoms with Crippen molar-refractivity contribution in [2.24, 2.45) is 0 Å². The number of hydrogen-bond acceptors (Lipinski definition) is 6. The van der Waals surface area contributed by atoms with Crippen LogP contribution in [0.1, 0.15) is 15.2 Å². The first kappa shape index (κ1) is 21.2. The monoisotopic (exact) mass is 412 g/mol. The molecule has 10 heteroatoms. The van der Waals surface area contributed by atoms with E-state index < -0.39 is 30.4 Å². The van der Waals surface area contributed by atoms with Gasteiger partial charge in [0.15, 0.2) is 6.61 Å². The number of rotatable bonds is 8. The zero-order valence-corrected chi connectivity index (χ0v) is 15.1. The summed E-state index contributed by atoms with van der Waals surface area (Å²) in [5.74, 6) is -3.38. The summed E-state index contributed by atoms with van der Waals surface area (Å²) < 4.78 is 41.4. The Balaban J connectivity index is 1.90. The fraction of sp³-hybridized carbons (Fsp3) is 0.167. The molecular formula is C18H15F3N2O4S. The number of anilines is 1. The molecule has 1 amide bonds. The summed E-state index contributed by atoms with van der Waals surface area (Å²) in [5.41, 5.74) is 0.121. The van der Waals surface area contributed by atoms with Gasteiger partial charge in [0, 0.05) is 17.2 Å². The molecule has 6 nitrogen and oxygen atoms in total. The van der Waals surface area contributed by atoms with Crippen molar-refractivity contribution in [3.05, 3.63) is 64.5 Å². The van der Waals surface area contributed by atoms with Gasteiger partial charge in [-0.1, -0.05) is 18.2 Å². The molecule has 0 fully saturated rings. The lowest BCUT2D eigenvalue weighted by atomic mass is 10.2. The Labute approximate surface area is 162 Å². The van der Waals surface area contributed by atoms with Crippen LogP contribution in [-0.2, 0) is 20.9 Å². The zero-order valence-electron chi connectivity index (χ0n) is 14.3. The maximum absolute atomic E-state index is 12.2. The Morgan fingerprint density at radius 1 is 1.11 bits per heavy atom. The predicted molar refractivity (Wildman–Crippen MR) is 96.7 cm³/mol. The molecule has 0 saturated carbocycles. The van der Waals surface area contributed by atoms with Gasteiger partial charge < -0.3 is 15.4 Å². The normalized spacial score (nSPS) is 11.2. The molecule has 0 aliphatic carbocycles. The molecule has 28 heavy (non-hydrogen) atoms. The van der Waals surface area contributed by atoms with Crippen molar-refractivity contribution in [3.63, 3.8) is 0 Å². The molecule has 0 radical (unpaired) electrons. The van der Waals surface area contributed by atoms with Gasteiger partial charge in [-0.05, 0) is 23.6 Å². The number of benzene rings is 1. The molecular weight excluding hydrogens is 397 g/mol. The van der Waals surface area contributed by atoms with Crippen LogP contribution in [0.5, 0.6) is 0 Å². The van der Waals surface area contributed by atoms with Gasteiger partial charge in [-0.15, -0.1) is 11.3 Å². The zero-order chi connectivity index (χ0) is 20.6. The molecule has 0 unspecified atom stereocenters. The van der Waals surface area contributed by atoms with E-state index in [1.165, 1.54) is 35.6 Å². The average Bonchev–Trinajstić information content (AvgIpc) is 3.17. The van der Waals surface area contributed by atoms with Gasteiger partial charge in [0.05, 0.1) is 17.8 Å². The highest BCUT2D eigenvalue weighted by Crippen LogP contribution is 2.18. The van der Waals surface area contributed by atoms with Crippen LogP contribution in [0.2, 0.25) is 0 Å². The minimum Gasteiger partial charge on any atom is -0.452 e. The molecule has 1 aromatic heterocycles.